The number of nitrogens with zero attached hydrogens (tertiary/aromatic N) is 2. The first kappa shape index (κ1) is 14.0. The van der Waals surface area contributed by atoms with Gasteiger partial charge in [0.2, 0.25) is 11.7 Å². The predicted molar refractivity (Wildman–Crippen MR) is 75.3 cm³/mol. The van der Waals surface area contributed by atoms with E-state index >= 15 is 0 Å². The van der Waals surface area contributed by atoms with Crippen LogP contribution in [0.1, 0.15) is 69.5 Å². The molecule has 0 atom stereocenters. The number of aromatic nitrogens is 2. The summed E-state index contributed by atoms with van der Waals surface area (Å²) in [5.41, 5.74) is 5.57. The maximum Gasteiger partial charge on any atom is 0.234 e. The van der Waals surface area contributed by atoms with Crippen LogP contribution in [0.2, 0.25) is 0 Å². The molecule has 2 saturated carbocycles. The van der Waals surface area contributed by atoms with Crippen molar-refractivity contribution in [3.63, 3.8) is 0 Å². The zero-order valence-electron chi connectivity index (χ0n) is 12.4. The summed E-state index contributed by atoms with van der Waals surface area (Å²) in [5.74, 6) is 1.46. The Morgan fingerprint density at radius 2 is 1.75 bits per heavy atom. The Balaban J connectivity index is 1.89. The Morgan fingerprint density at radius 3 is 2.35 bits per heavy atom. The maximum atomic E-state index is 5.99. The summed E-state index contributed by atoms with van der Waals surface area (Å²) in [7, 11) is 1.76. The molecule has 2 fully saturated rings. The fraction of sp³-hybridized carbons (Fsp3) is 0.867. The Bertz CT molecular complexity index is 446. The minimum Gasteiger partial charge on any atom is -0.370 e. The molecule has 2 aliphatic rings. The van der Waals surface area contributed by atoms with Gasteiger partial charge in [-0.2, -0.15) is 4.98 Å². The van der Waals surface area contributed by atoms with Gasteiger partial charge in [0, 0.05) is 13.7 Å². The second-order valence-electron chi connectivity index (χ2n) is 6.37. The molecule has 1 heterocycles. The number of hydrogen-bond acceptors (Lipinski definition) is 5. The fourth-order valence-electron chi connectivity index (χ4n) is 3.82. The second-order valence-corrected chi connectivity index (χ2v) is 6.37. The minimum atomic E-state index is -0.339. The van der Waals surface area contributed by atoms with Gasteiger partial charge in [-0.3, -0.25) is 0 Å². The molecular weight excluding hydrogens is 254 g/mol. The number of hydrogen-bond donors (Lipinski definition) is 1. The van der Waals surface area contributed by atoms with E-state index in [1.807, 2.05) is 0 Å². The summed E-state index contributed by atoms with van der Waals surface area (Å²) in [6.45, 7) is 0.592. The van der Waals surface area contributed by atoms with Crippen LogP contribution in [0.3, 0.4) is 0 Å². The molecule has 1 aromatic heterocycles. The van der Waals surface area contributed by atoms with Gasteiger partial charge in [0.25, 0.3) is 0 Å². The largest absolute Gasteiger partial charge is 0.370 e. The normalized spacial score (nSPS) is 24.9. The summed E-state index contributed by atoms with van der Waals surface area (Å²) in [6.07, 6.45) is 10.1. The maximum absolute atomic E-state index is 5.99. The van der Waals surface area contributed by atoms with Crippen LogP contribution in [0.15, 0.2) is 4.52 Å². The molecule has 0 saturated heterocycles. The highest BCUT2D eigenvalue weighted by Gasteiger charge is 2.43. The van der Waals surface area contributed by atoms with Gasteiger partial charge >= 0.3 is 0 Å². The van der Waals surface area contributed by atoms with E-state index in [0.717, 1.165) is 37.4 Å². The van der Waals surface area contributed by atoms with Crippen molar-refractivity contribution in [1.29, 1.82) is 0 Å². The van der Waals surface area contributed by atoms with Crippen molar-refractivity contribution < 1.29 is 9.26 Å². The van der Waals surface area contributed by atoms with E-state index in [4.69, 9.17) is 20.0 Å². The quantitative estimate of drug-likeness (QED) is 0.917. The lowest BCUT2D eigenvalue weighted by atomic mass is 9.83. The Kier molecular flexibility index (Phi) is 3.82. The van der Waals surface area contributed by atoms with Crippen molar-refractivity contribution in [2.24, 2.45) is 5.73 Å². The summed E-state index contributed by atoms with van der Waals surface area (Å²) < 4.78 is 11.4. The van der Waals surface area contributed by atoms with Crippen LogP contribution in [0.25, 0.3) is 0 Å². The number of nitrogens with two attached hydrogens (primary N) is 1. The fourth-order valence-corrected chi connectivity index (χ4v) is 3.82. The molecule has 1 aromatic rings. The zero-order chi connectivity index (χ0) is 14.1. The first-order valence-corrected chi connectivity index (χ1v) is 7.85. The van der Waals surface area contributed by atoms with Crippen molar-refractivity contribution in [2.75, 3.05) is 13.7 Å². The molecule has 0 aromatic carbocycles. The van der Waals surface area contributed by atoms with Crippen molar-refractivity contribution in [1.82, 2.24) is 10.1 Å². The lowest BCUT2D eigenvalue weighted by molar-refractivity contribution is -0.0527. The first-order valence-electron chi connectivity index (χ1n) is 7.85. The SMILES string of the molecule is COC1(c2noc(C3(CN)CCCC3)n2)CCCCC1. The molecular formula is C15H25N3O2. The highest BCUT2D eigenvalue weighted by atomic mass is 16.5. The summed E-state index contributed by atoms with van der Waals surface area (Å²) >= 11 is 0. The first-order chi connectivity index (χ1) is 9.75. The van der Waals surface area contributed by atoms with Gasteiger partial charge in [-0.25, -0.2) is 0 Å². The van der Waals surface area contributed by atoms with Gasteiger partial charge < -0.3 is 15.0 Å². The van der Waals surface area contributed by atoms with Gasteiger partial charge in [0.15, 0.2) is 0 Å². The van der Waals surface area contributed by atoms with Crippen LogP contribution in [0.4, 0.5) is 0 Å². The molecule has 0 unspecified atom stereocenters. The molecule has 0 spiro atoms. The molecule has 112 valence electrons. The van der Waals surface area contributed by atoms with Gasteiger partial charge in [-0.1, -0.05) is 37.3 Å². The van der Waals surface area contributed by atoms with E-state index in [1.165, 1.54) is 32.1 Å². The third-order valence-corrected chi connectivity index (χ3v) is 5.29. The monoisotopic (exact) mass is 279 g/mol. The molecule has 5 nitrogen and oxygen atoms in total. The average molecular weight is 279 g/mol. The summed E-state index contributed by atoms with van der Waals surface area (Å²) in [6, 6.07) is 0. The molecule has 0 aliphatic heterocycles. The molecule has 0 radical (unpaired) electrons. The van der Waals surface area contributed by atoms with Crippen molar-refractivity contribution in [3.05, 3.63) is 11.7 Å². The van der Waals surface area contributed by atoms with Crippen molar-refractivity contribution in [2.45, 2.75) is 68.8 Å². The van der Waals surface area contributed by atoms with E-state index in [0.29, 0.717) is 6.54 Å². The average Bonchev–Trinajstić information content (AvgIpc) is 3.17. The van der Waals surface area contributed by atoms with Crippen LogP contribution >= 0.6 is 0 Å². The van der Waals surface area contributed by atoms with Crippen LogP contribution in [-0.2, 0) is 15.8 Å². The summed E-state index contributed by atoms with van der Waals surface area (Å²) in [4.78, 5) is 4.72. The van der Waals surface area contributed by atoms with Crippen molar-refractivity contribution in [3.8, 4) is 0 Å². The van der Waals surface area contributed by atoms with Crippen molar-refractivity contribution >= 4 is 0 Å². The van der Waals surface area contributed by atoms with Gasteiger partial charge in [-0.15, -0.1) is 0 Å². The molecule has 2 aliphatic carbocycles. The van der Waals surface area contributed by atoms with E-state index in [9.17, 15) is 0 Å². The predicted octanol–water partition coefficient (Wildman–Crippen LogP) is 2.65. The highest BCUT2D eigenvalue weighted by molar-refractivity contribution is 5.12. The molecule has 5 heteroatoms. The molecule has 0 amide bonds. The Morgan fingerprint density at radius 1 is 1.10 bits per heavy atom. The Hall–Kier alpha value is -0.940. The van der Waals surface area contributed by atoms with Gasteiger partial charge in [0.05, 0.1) is 5.41 Å². The van der Waals surface area contributed by atoms with E-state index in [1.54, 1.807) is 7.11 Å². The molecule has 3 rings (SSSR count). The molecule has 20 heavy (non-hydrogen) atoms. The number of methoxy groups -OCH3 is 1. The standard InChI is InChI=1S/C15H25N3O2/c1-19-15(9-3-2-4-10-15)12-17-13(20-18-12)14(11-16)7-5-6-8-14/h2-11,16H2,1H3. The van der Waals surface area contributed by atoms with Gasteiger partial charge in [0.1, 0.15) is 5.60 Å². The number of ether oxygens (including phenoxy) is 1. The van der Waals surface area contributed by atoms with Crippen LogP contribution in [0.5, 0.6) is 0 Å². The highest BCUT2D eigenvalue weighted by Crippen LogP contribution is 2.42. The Labute approximate surface area is 120 Å². The molecule has 2 N–H and O–H groups in total. The van der Waals surface area contributed by atoms with Crippen LogP contribution in [-0.4, -0.2) is 23.8 Å². The van der Waals surface area contributed by atoms with Crippen LogP contribution < -0.4 is 5.73 Å². The topological polar surface area (TPSA) is 74.2 Å². The smallest absolute Gasteiger partial charge is 0.234 e. The minimum absolute atomic E-state index is 0.0884. The lowest BCUT2D eigenvalue weighted by Crippen LogP contribution is -2.34. The summed E-state index contributed by atoms with van der Waals surface area (Å²) in [5, 5.41) is 4.25. The van der Waals surface area contributed by atoms with Crippen LogP contribution in [0, 0.1) is 0 Å². The number of rotatable bonds is 4. The van der Waals surface area contributed by atoms with Gasteiger partial charge in [-0.05, 0) is 25.7 Å². The van der Waals surface area contributed by atoms with E-state index < -0.39 is 0 Å². The second kappa shape index (κ2) is 5.45. The third kappa shape index (κ3) is 2.17. The lowest BCUT2D eigenvalue weighted by Gasteiger charge is -2.32. The van der Waals surface area contributed by atoms with E-state index in [2.05, 4.69) is 5.16 Å². The third-order valence-electron chi connectivity index (χ3n) is 5.29. The molecule has 0 bridgehead atoms. The zero-order valence-corrected chi connectivity index (χ0v) is 12.4. The van der Waals surface area contributed by atoms with E-state index in [-0.39, 0.29) is 11.0 Å².